The number of aryl methyl sites for hydroxylation is 1. The van der Waals surface area contributed by atoms with Crippen molar-refractivity contribution in [2.45, 2.75) is 26.3 Å². The fraction of sp³-hybridized carbons (Fsp3) is 0.545. The third-order valence-corrected chi connectivity index (χ3v) is 3.11. The van der Waals surface area contributed by atoms with Crippen molar-refractivity contribution < 1.29 is 4.79 Å². The Morgan fingerprint density at radius 1 is 1.47 bits per heavy atom. The molecule has 0 spiro atoms. The van der Waals surface area contributed by atoms with Crippen molar-refractivity contribution in [3.05, 3.63) is 27.4 Å². The normalized spacial score (nSPS) is 15.3. The highest BCUT2D eigenvalue weighted by atomic mass is 35.5. The number of halogens is 1. The number of carbonyl (C=O) groups is 1. The van der Waals surface area contributed by atoms with Crippen molar-refractivity contribution in [2.75, 3.05) is 13.1 Å². The molecule has 6 heteroatoms. The summed E-state index contributed by atoms with van der Waals surface area (Å²) in [6.45, 7) is 3.29. The number of aromatic nitrogens is 2. The molecular formula is C11H14ClN3O2. The predicted molar refractivity (Wildman–Crippen MR) is 64.1 cm³/mol. The van der Waals surface area contributed by atoms with E-state index in [2.05, 4.69) is 4.98 Å². The van der Waals surface area contributed by atoms with E-state index in [-0.39, 0.29) is 23.2 Å². The molecule has 0 saturated carbocycles. The first kappa shape index (κ1) is 12.1. The van der Waals surface area contributed by atoms with E-state index in [1.807, 2.05) is 0 Å². The highest BCUT2D eigenvalue weighted by Gasteiger charge is 2.19. The van der Waals surface area contributed by atoms with Crippen LogP contribution in [0, 0.1) is 6.92 Å². The lowest BCUT2D eigenvalue weighted by molar-refractivity contribution is -0.130. The number of carbonyl (C=O) groups excluding carboxylic acids is 1. The second kappa shape index (κ2) is 4.87. The van der Waals surface area contributed by atoms with Gasteiger partial charge in [0.1, 0.15) is 17.5 Å². The minimum Gasteiger partial charge on any atom is -0.341 e. The van der Waals surface area contributed by atoms with E-state index in [1.54, 1.807) is 11.8 Å². The van der Waals surface area contributed by atoms with E-state index in [9.17, 15) is 9.59 Å². The van der Waals surface area contributed by atoms with Gasteiger partial charge in [0.2, 0.25) is 5.91 Å². The molecular weight excluding hydrogens is 242 g/mol. The minimum atomic E-state index is -0.282. The molecule has 0 radical (unpaired) electrons. The molecule has 0 bridgehead atoms. The second-order valence-electron chi connectivity index (χ2n) is 4.14. The minimum absolute atomic E-state index is 0.0307. The molecule has 2 rings (SSSR count). The summed E-state index contributed by atoms with van der Waals surface area (Å²) in [7, 11) is 0. The monoisotopic (exact) mass is 255 g/mol. The summed E-state index contributed by atoms with van der Waals surface area (Å²) in [6, 6.07) is 1.23. The molecule has 1 aromatic heterocycles. The highest BCUT2D eigenvalue weighted by Crippen LogP contribution is 2.08. The van der Waals surface area contributed by atoms with Gasteiger partial charge in [-0.25, -0.2) is 4.98 Å². The van der Waals surface area contributed by atoms with Crippen LogP contribution < -0.4 is 5.56 Å². The van der Waals surface area contributed by atoms with Gasteiger partial charge >= 0.3 is 0 Å². The quantitative estimate of drug-likeness (QED) is 0.736. The Morgan fingerprint density at radius 3 is 2.71 bits per heavy atom. The summed E-state index contributed by atoms with van der Waals surface area (Å²) >= 11 is 5.67. The van der Waals surface area contributed by atoms with Crippen LogP contribution in [-0.4, -0.2) is 33.4 Å². The van der Waals surface area contributed by atoms with Crippen molar-refractivity contribution in [2.24, 2.45) is 0 Å². The van der Waals surface area contributed by atoms with Gasteiger partial charge in [0.25, 0.3) is 5.56 Å². The molecule has 1 fully saturated rings. The third kappa shape index (κ3) is 2.66. The number of rotatable bonds is 2. The first-order valence-electron chi connectivity index (χ1n) is 5.59. The Balaban J connectivity index is 2.18. The van der Waals surface area contributed by atoms with Gasteiger partial charge in [-0.3, -0.25) is 14.2 Å². The maximum atomic E-state index is 11.9. The summed E-state index contributed by atoms with van der Waals surface area (Å²) in [5.41, 5.74) is -0.282. The van der Waals surface area contributed by atoms with Crippen LogP contribution in [0.5, 0.6) is 0 Å². The maximum Gasteiger partial charge on any atom is 0.255 e. The van der Waals surface area contributed by atoms with Gasteiger partial charge in [-0.05, 0) is 19.8 Å². The van der Waals surface area contributed by atoms with Gasteiger partial charge in [0.05, 0.1) is 0 Å². The van der Waals surface area contributed by atoms with E-state index in [0.717, 1.165) is 25.9 Å². The molecule has 0 aromatic carbocycles. The third-order valence-electron chi connectivity index (χ3n) is 2.92. The van der Waals surface area contributed by atoms with E-state index >= 15 is 0 Å². The van der Waals surface area contributed by atoms with Gasteiger partial charge < -0.3 is 4.90 Å². The highest BCUT2D eigenvalue weighted by molar-refractivity contribution is 6.29. The molecule has 0 aliphatic carbocycles. The van der Waals surface area contributed by atoms with Gasteiger partial charge in [0, 0.05) is 19.2 Å². The Hall–Kier alpha value is -1.36. The lowest BCUT2D eigenvalue weighted by Gasteiger charge is -2.16. The van der Waals surface area contributed by atoms with E-state index in [1.165, 1.54) is 10.6 Å². The van der Waals surface area contributed by atoms with Gasteiger partial charge in [-0.2, -0.15) is 0 Å². The first-order valence-corrected chi connectivity index (χ1v) is 5.97. The Kier molecular flexibility index (Phi) is 3.47. The van der Waals surface area contributed by atoms with E-state index in [4.69, 9.17) is 11.6 Å². The Labute approximate surface area is 104 Å². The lowest BCUT2D eigenvalue weighted by Crippen LogP contribution is -2.35. The molecule has 1 aliphatic rings. The van der Waals surface area contributed by atoms with Crippen LogP contribution >= 0.6 is 11.6 Å². The summed E-state index contributed by atoms with van der Waals surface area (Å²) in [5, 5.41) is 0.164. The molecule has 0 unspecified atom stereocenters. The Bertz CT molecular complexity index is 492. The van der Waals surface area contributed by atoms with Crippen LogP contribution in [0.2, 0.25) is 5.15 Å². The van der Waals surface area contributed by atoms with Crippen molar-refractivity contribution in [3.63, 3.8) is 0 Å². The van der Waals surface area contributed by atoms with Crippen molar-refractivity contribution in [1.82, 2.24) is 14.5 Å². The molecule has 1 saturated heterocycles. The standard InChI is InChI=1S/C11H14ClN3O2/c1-8-13-9(12)6-10(16)15(8)7-11(17)14-4-2-3-5-14/h6H,2-5,7H2,1H3. The van der Waals surface area contributed by atoms with Gasteiger partial charge in [0.15, 0.2) is 0 Å². The molecule has 0 N–H and O–H groups in total. The summed E-state index contributed by atoms with van der Waals surface area (Å²) in [5.74, 6) is 0.437. The first-order chi connectivity index (χ1) is 8.08. The topological polar surface area (TPSA) is 55.2 Å². The maximum absolute atomic E-state index is 11.9. The van der Waals surface area contributed by atoms with Crippen molar-refractivity contribution >= 4 is 17.5 Å². The zero-order chi connectivity index (χ0) is 12.4. The molecule has 2 heterocycles. The summed E-state index contributed by atoms with van der Waals surface area (Å²) < 4.78 is 1.35. The molecule has 1 amide bonds. The van der Waals surface area contributed by atoms with Crippen molar-refractivity contribution in [3.8, 4) is 0 Å². The van der Waals surface area contributed by atoms with Crippen LogP contribution in [0.15, 0.2) is 10.9 Å². The number of amides is 1. The Morgan fingerprint density at radius 2 is 2.12 bits per heavy atom. The van der Waals surface area contributed by atoms with Gasteiger partial charge in [-0.15, -0.1) is 0 Å². The average Bonchev–Trinajstić information content (AvgIpc) is 2.76. The van der Waals surface area contributed by atoms with Crippen LogP contribution in [-0.2, 0) is 11.3 Å². The lowest BCUT2D eigenvalue weighted by atomic mass is 10.4. The van der Waals surface area contributed by atoms with Crippen LogP contribution in [0.25, 0.3) is 0 Å². The number of hydrogen-bond donors (Lipinski definition) is 0. The van der Waals surface area contributed by atoms with E-state index in [0.29, 0.717) is 5.82 Å². The number of nitrogens with zero attached hydrogens (tertiary/aromatic N) is 3. The van der Waals surface area contributed by atoms with Crippen LogP contribution in [0.4, 0.5) is 0 Å². The average molecular weight is 256 g/mol. The second-order valence-corrected chi connectivity index (χ2v) is 4.53. The molecule has 17 heavy (non-hydrogen) atoms. The molecule has 5 nitrogen and oxygen atoms in total. The van der Waals surface area contributed by atoms with Crippen molar-refractivity contribution in [1.29, 1.82) is 0 Å². The number of likely N-dealkylation sites (tertiary alicyclic amines) is 1. The number of hydrogen-bond acceptors (Lipinski definition) is 3. The largest absolute Gasteiger partial charge is 0.341 e. The van der Waals surface area contributed by atoms with E-state index < -0.39 is 0 Å². The molecule has 0 atom stereocenters. The fourth-order valence-corrected chi connectivity index (χ4v) is 2.20. The zero-order valence-electron chi connectivity index (χ0n) is 9.65. The fourth-order valence-electron chi connectivity index (χ4n) is 1.98. The molecule has 1 aliphatic heterocycles. The van der Waals surface area contributed by atoms with Crippen LogP contribution in [0.1, 0.15) is 18.7 Å². The van der Waals surface area contributed by atoms with Gasteiger partial charge in [-0.1, -0.05) is 11.6 Å². The summed E-state index contributed by atoms with van der Waals surface area (Å²) in [6.07, 6.45) is 2.08. The predicted octanol–water partition coefficient (Wildman–Crippen LogP) is 0.828. The zero-order valence-corrected chi connectivity index (χ0v) is 10.4. The summed E-state index contributed by atoms with van der Waals surface area (Å²) in [4.78, 5) is 29.3. The smallest absolute Gasteiger partial charge is 0.255 e. The SMILES string of the molecule is Cc1nc(Cl)cc(=O)n1CC(=O)N1CCCC1. The molecule has 1 aromatic rings. The van der Waals surface area contributed by atoms with Crippen LogP contribution in [0.3, 0.4) is 0 Å². The molecule has 92 valence electrons.